The van der Waals surface area contributed by atoms with E-state index < -0.39 is 23.2 Å². The summed E-state index contributed by atoms with van der Waals surface area (Å²) in [5.41, 5.74) is 0.631. The van der Waals surface area contributed by atoms with Crippen molar-refractivity contribution in [2.45, 2.75) is 50.6 Å². The molecule has 1 atom stereocenters. The molecule has 1 aromatic carbocycles. The van der Waals surface area contributed by atoms with E-state index in [0.717, 1.165) is 29.8 Å². The Kier molecular flexibility index (Phi) is 6.34. The standard InChI is InChI=1S/C19H21F3N2OS/c1-5-13(4)26-16-9-15(19(20,21)22)14(10-23-16)18(25)24-17-11(2)7-6-8-12(17)3/h6-10,13H,5H2,1-4H3,(H,24,25)/t13-/m0/s1. The van der Waals surface area contributed by atoms with E-state index in [9.17, 15) is 18.0 Å². The number of carbonyl (C=O) groups excluding carboxylic acids is 1. The Morgan fingerprint density at radius 2 is 1.88 bits per heavy atom. The first-order valence-corrected chi connectivity index (χ1v) is 9.13. The van der Waals surface area contributed by atoms with Gasteiger partial charge in [-0.15, -0.1) is 11.8 Å². The van der Waals surface area contributed by atoms with Crippen LogP contribution in [0.5, 0.6) is 0 Å². The Bertz CT molecular complexity index is 786. The third kappa shape index (κ3) is 4.78. The molecule has 0 unspecified atom stereocenters. The van der Waals surface area contributed by atoms with E-state index in [1.54, 1.807) is 26.0 Å². The molecule has 1 heterocycles. The molecule has 140 valence electrons. The summed E-state index contributed by atoms with van der Waals surface area (Å²) in [5, 5.41) is 2.99. The first-order valence-electron chi connectivity index (χ1n) is 8.25. The van der Waals surface area contributed by atoms with Gasteiger partial charge in [-0.2, -0.15) is 13.2 Å². The van der Waals surface area contributed by atoms with E-state index >= 15 is 0 Å². The number of thioether (sulfide) groups is 1. The second-order valence-corrected chi connectivity index (χ2v) is 7.58. The van der Waals surface area contributed by atoms with Crippen LogP contribution in [0.25, 0.3) is 0 Å². The normalized spacial score (nSPS) is 12.7. The molecule has 0 radical (unpaired) electrons. The van der Waals surface area contributed by atoms with Gasteiger partial charge in [-0.25, -0.2) is 4.98 Å². The van der Waals surface area contributed by atoms with E-state index in [1.165, 1.54) is 11.8 Å². The van der Waals surface area contributed by atoms with Gasteiger partial charge in [0.2, 0.25) is 0 Å². The van der Waals surface area contributed by atoms with Gasteiger partial charge in [0.25, 0.3) is 5.91 Å². The number of nitrogens with one attached hydrogen (secondary N) is 1. The summed E-state index contributed by atoms with van der Waals surface area (Å²) in [6.07, 6.45) is -2.82. The number of rotatable bonds is 5. The maximum Gasteiger partial charge on any atom is 0.417 e. The number of alkyl halides is 3. The highest BCUT2D eigenvalue weighted by atomic mass is 32.2. The average Bonchev–Trinajstić information content (AvgIpc) is 2.57. The van der Waals surface area contributed by atoms with Crippen LogP contribution in [0, 0.1) is 13.8 Å². The molecule has 3 nitrogen and oxygen atoms in total. The number of pyridine rings is 1. The molecule has 0 spiro atoms. The Balaban J connectivity index is 2.40. The van der Waals surface area contributed by atoms with Crippen molar-refractivity contribution in [3.8, 4) is 0 Å². The summed E-state index contributed by atoms with van der Waals surface area (Å²) < 4.78 is 40.5. The molecule has 7 heteroatoms. The monoisotopic (exact) mass is 382 g/mol. The highest BCUT2D eigenvalue weighted by Crippen LogP contribution is 2.35. The van der Waals surface area contributed by atoms with Gasteiger partial charge in [0, 0.05) is 17.1 Å². The number of benzene rings is 1. The van der Waals surface area contributed by atoms with Crippen molar-refractivity contribution in [1.29, 1.82) is 0 Å². The van der Waals surface area contributed by atoms with Crippen LogP contribution >= 0.6 is 11.8 Å². The van der Waals surface area contributed by atoms with Gasteiger partial charge in [0.05, 0.1) is 16.2 Å². The van der Waals surface area contributed by atoms with Crippen LogP contribution in [0.2, 0.25) is 0 Å². The van der Waals surface area contributed by atoms with Crippen molar-refractivity contribution in [2.75, 3.05) is 5.32 Å². The highest BCUT2D eigenvalue weighted by molar-refractivity contribution is 7.99. The minimum atomic E-state index is -4.64. The SMILES string of the molecule is CC[C@H](C)Sc1cc(C(F)(F)F)c(C(=O)Nc2c(C)cccc2C)cn1. The van der Waals surface area contributed by atoms with Gasteiger partial charge < -0.3 is 5.32 Å². The van der Waals surface area contributed by atoms with Gasteiger partial charge in [-0.05, 0) is 37.5 Å². The molecule has 1 aromatic heterocycles. The Morgan fingerprint density at radius 1 is 1.27 bits per heavy atom. The molecule has 2 rings (SSSR count). The van der Waals surface area contributed by atoms with Crippen molar-refractivity contribution < 1.29 is 18.0 Å². The molecule has 1 amide bonds. The van der Waals surface area contributed by atoms with Gasteiger partial charge >= 0.3 is 6.18 Å². The van der Waals surface area contributed by atoms with Crippen molar-refractivity contribution in [2.24, 2.45) is 0 Å². The molecule has 0 aliphatic rings. The van der Waals surface area contributed by atoms with Crippen LogP contribution in [0.1, 0.15) is 47.3 Å². The maximum atomic E-state index is 13.5. The zero-order valence-corrected chi connectivity index (χ0v) is 15.9. The fourth-order valence-electron chi connectivity index (χ4n) is 2.40. The second kappa shape index (κ2) is 8.12. The van der Waals surface area contributed by atoms with Crippen LogP contribution < -0.4 is 5.32 Å². The molecule has 0 aliphatic carbocycles. The van der Waals surface area contributed by atoms with E-state index in [0.29, 0.717) is 5.69 Å². The molecular weight excluding hydrogens is 361 g/mol. The smallest absolute Gasteiger partial charge is 0.321 e. The van der Waals surface area contributed by atoms with Crippen molar-refractivity contribution in [3.63, 3.8) is 0 Å². The summed E-state index contributed by atoms with van der Waals surface area (Å²) in [6.45, 7) is 7.45. The van der Waals surface area contributed by atoms with Gasteiger partial charge in [0.15, 0.2) is 0 Å². The quantitative estimate of drug-likeness (QED) is 0.659. The lowest BCUT2D eigenvalue weighted by Crippen LogP contribution is -2.20. The van der Waals surface area contributed by atoms with Gasteiger partial charge in [0.1, 0.15) is 0 Å². The number of aromatic nitrogens is 1. The largest absolute Gasteiger partial charge is 0.417 e. The van der Waals surface area contributed by atoms with Crippen molar-refractivity contribution in [1.82, 2.24) is 4.98 Å². The number of aryl methyl sites for hydroxylation is 2. The zero-order valence-electron chi connectivity index (χ0n) is 15.1. The molecule has 2 aromatic rings. The number of para-hydroxylation sites is 1. The van der Waals surface area contributed by atoms with Crippen LogP contribution in [-0.2, 0) is 6.18 Å². The topological polar surface area (TPSA) is 42.0 Å². The van der Waals surface area contributed by atoms with Gasteiger partial charge in [-0.3, -0.25) is 4.79 Å². The highest BCUT2D eigenvalue weighted by Gasteiger charge is 2.36. The van der Waals surface area contributed by atoms with Crippen LogP contribution in [0.15, 0.2) is 35.5 Å². The number of halogens is 3. The first-order chi connectivity index (χ1) is 12.1. The number of hydrogen-bond acceptors (Lipinski definition) is 3. The molecular formula is C19H21F3N2OS. The lowest BCUT2D eigenvalue weighted by Gasteiger charge is -2.16. The lowest BCUT2D eigenvalue weighted by atomic mass is 10.1. The van der Waals surface area contributed by atoms with Crippen LogP contribution in [0.4, 0.5) is 18.9 Å². The van der Waals surface area contributed by atoms with E-state index in [1.807, 2.05) is 19.9 Å². The Morgan fingerprint density at radius 3 is 2.42 bits per heavy atom. The third-order valence-corrected chi connectivity index (χ3v) is 5.25. The molecule has 0 saturated heterocycles. The molecule has 0 saturated carbocycles. The number of anilines is 1. The number of nitrogens with zero attached hydrogens (tertiary/aromatic N) is 1. The second-order valence-electron chi connectivity index (χ2n) is 6.12. The van der Waals surface area contributed by atoms with E-state index in [2.05, 4.69) is 10.3 Å². The fraction of sp³-hybridized carbons (Fsp3) is 0.368. The molecule has 0 bridgehead atoms. The molecule has 26 heavy (non-hydrogen) atoms. The summed E-state index contributed by atoms with van der Waals surface area (Å²) in [6, 6.07) is 6.36. The van der Waals surface area contributed by atoms with Crippen LogP contribution in [-0.4, -0.2) is 16.1 Å². The molecule has 1 N–H and O–H groups in total. The first kappa shape index (κ1) is 20.3. The minimum Gasteiger partial charge on any atom is -0.321 e. The van der Waals surface area contributed by atoms with Crippen LogP contribution in [0.3, 0.4) is 0 Å². The molecule has 0 fully saturated rings. The summed E-state index contributed by atoms with van der Waals surface area (Å²) in [7, 11) is 0. The van der Waals surface area contributed by atoms with E-state index in [4.69, 9.17) is 0 Å². The number of hydrogen-bond donors (Lipinski definition) is 1. The summed E-state index contributed by atoms with van der Waals surface area (Å²) in [4.78, 5) is 16.6. The number of amides is 1. The van der Waals surface area contributed by atoms with E-state index in [-0.39, 0.29) is 10.3 Å². The van der Waals surface area contributed by atoms with Gasteiger partial charge in [-0.1, -0.05) is 32.0 Å². The predicted octanol–water partition coefficient (Wildman–Crippen LogP) is 5.86. The fourth-order valence-corrected chi connectivity index (χ4v) is 3.28. The zero-order chi connectivity index (χ0) is 19.5. The minimum absolute atomic E-state index is 0.137. The lowest BCUT2D eigenvalue weighted by molar-refractivity contribution is -0.138. The Hall–Kier alpha value is -2.02. The predicted molar refractivity (Wildman–Crippen MR) is 98.7 cm³/mol. The van der Waals surface area contributed by atoms with Crippen molar-refractivity contribution in [3.05, 3.63) is 52.7 Å². The summed E-state index contributed by atoms with van der Waals surface area (Å²) in [5.74, 6) is -0.817. The third-order valence-electron chi connectivity index (χ3n) is 4.05. The van der Waals surface area contributed by atoms with Crippen molar-refractivity contribution >= 4 is 23.4 Å². The molecule has 0 aliphatic heterocycles. The Labute approximate surface area is 155 Å². The average molecular weight is 382 g/mol. The maximum absolute atomic E-state index is 13.5. The summed E-state index contributed by atoms with van der Waals surface area (Å²) >= 11 is 1.26. The number of carbonyl (C=O) groups is 1.